The van der Waals surface area contributed by atoms with Crippen LogP contribution in [-0.4, -0.2) is 43.5 Å². The van der Waals surface area contributed by atoms with Gasteiger partial charge in [0.05, 0.1) is 17.9 Å². The van der Waals surface area contributed by atoms with Gasteiger partial charge >= 0.3 is 0 Å². The molecule has 7 heteroatoms. The van der Waals surface area contributed by atoms with Crippen molar-refractivity contribution in [1.82, 2.24) is 20.4 Å². The van der Waals surface area contributed by atoms with Crippen molar-refractivity contribution in [3.63, 3.8) is 0 Å². The van der Waals surface area contributed by atoms with Crippen molar-refractivity contribution in [2.75, 3.05) is 12.3 Å². The molecule has 3 unspecified atom stereocenters. The number of aryl methyl sites for hydroxylation is 2. The van der Waals surface area contributed by atoms with Crippen LogP contribution >= 0.6 is 0 Å². The van der Waals surface area contributed by atoms with E-state index in [1.165, 1.54) is 0 Å². The van der Waals surface area contributed by atoms with Crippen LogP contribution in [0.3, 0.4) is 0 Å². The SMILES string of the molecule is CCNC(=NCc1ccccc1-n1nc(C)cc1C)NC1CCCC(S(=O)CC)C1. The summed E-state index contributed by atoms with van der Waals surface area (Å²) in [5.74, 6) is 1.57. The molecular weight excluding hydrogens is 394 g/mol. The van der Waals surface area contributed by atoms with E-state index in [-0.39, 0.29) is 0 Å². The summed E-state index contributed by atoms with van der Waals surface area (Å²) in [7, 11) is -0.721. The monoisotopic (exact) mass is 429 g/mol. The fourth-order valence-electron chi connectivity index (χ4n) is 4.15. The predicted molar refractivity (Wildman–Crippen MR) is 126 cm³/mol. The van der Waals surface area contributed by atoms with Gasteiger partial charge in [-0.2, -0.15) is 5.10 Å². The summed E-state index contributed by atoms with van der Waals surface area (Å²) < 4.78 is 14.3. The van der Waals surface area contributed by atoms with E-state index < -0.39 is 10.8 Å². The lowest BCUT2D eigenvalue weighted by Crippen LogP contribution is -2.46. The molecule has 3 atom stereocenters. The van der Waals surface area contributed by atoms with Crippen molar-refractivity contribution in [3.05, 3.63) is 47.3 Å². The molecule has 0 spiro atoms. The first-order chi connectivity index (χ1) is 14.5. The van der Waals surface area contributed by atoms with Crippen LogP contribution in [0.2, 0.25) is 0 Å². The van der Waals surface area contributed by atoms with Gasteiger partial charge in [0.25, 0.3) is 0 Å². The smallest absolute Gasteiger partial charge is 0.191 e. The maximum Gasteiger partial charge on any atom is 0.191 e. The molecule has 164 valence electrons. The predicted octanol–water partition coefficient (Wildman–Crippen LogP) is 3.62. The highest BCUT2D eigenvalue weighted by molar-refractivity contribution is 7.85. The number of guanidine groups is 1. The molecule has 0 amide bonds. The maximum absolute atomic E-state index is 12.3. The Bertz CT molecular complexity index is 891. The van der Waals surface area contributed by atoms with Crippen LogP contribution in [0, 0.1) is 13.8 Å². The van der Waals surface area contributed by atoms with Crippen LogP contribution in [0.15, 0.2) is 35.3 Å². The van der Waals surface area contributed by atoms with Crippen molar-refractivity contribution in [3.8, 4) is 5.69 Å². The van der Waals surface area contributed by atoms with Gasteiger partial charge in [-0.05, 0) is 57.7 Å². The average Bonchev–Trinajstić information content (AvgIpc) is 3.09. The topological polar surface area (TPSA) is 71.3 Å². The largest absolute Gasteiger partial charge is 0.357 e. The van der Waals surface area contributed by atoms with Gasteiger partial charge in [-0.1, -0.05) is 31.5 Å². The Balaban J connectivity index is 1.74. The van der Waals surface area contributed by atoms with Gasteiger partial charge in [-0.3, -0.25) is 4.21 Å². The molecule has 2 aromatic rings. The van der Waals surface area contributed by atoms with Gasteiger partial charge in [-0.25, -0.2) is 9.67 Å². The van der Waals surface area contributed by atoms with E-state index in [2.05, 4.69) is 47.8 Å². The summed E-state index contributed by atoms with van der Waals surface area (Å²) in [6, 6.07) is 10.7. The molecule has 1 aromatic carbocycles. The normalized spacial score (nSPS) is 20.7. The van der Waals surface area contributed by atoms with Crippen molar-refractivity contribution in [2.24, 2.45) is 4.99 Å². The summed E-state index contributed by atoms with van der Waals surface area (Å²) in [5, 5.41) is 11.9. The molecule has 1 heterocycles. The Kier molecular flexibility index (Phi) is 8.08. The standard InChI is InChI=1S/C23H35N5OS/c1-5-24-23(26-20-11-9-12-21(15-20)30(29)6-2)25-16-19-10-7-8-13-22(19)28-18(4)14-17(3)27-28/h7-8,10,13-14,20-21H,5-6,9,11-12,15-16H2,1-4H3,(H2,24,25,26). The second kappa shape index (κ2) is 10.8. The zero-order valence-electron chi connectivity index (χ0n) is 18.6. The minimum atomic E-state index is -0.721. The van der Waals surface area contributed by atoms with E-state index in [1.807, 2.05) is 30.7 Å². The number of nitrogens with zero attached hydrogens (tertiary/aromatic N) is 3. The summed E-state index contributed by atoms with van der Waals surface area (Å²) in [6.07, 6.45) is 4.24. The molecule has 30 heavy (non-hydrogen) atoms. The quantitative estimate of drug-likeness (QED) is 0.521. The number of aliphatic imine (C=N–C) groups is 1. The Labute approximate surface area is 183 Å². The van der Waals surface area contributed by atoms with Crippen LogP contribution in [-0.2, 0) is 17.3 Å². The molecule has 6 nitrogen and oxygen atoms in total. The molecule has 1 fully saturated rings. The van der Waals surface area contributed by atoms with E-state index in [9.17, 15) is 4.21 Å². The lowest BCUT2D eigenvalue weighted by atomic mass is 9.95. The third-order valence-electron chi connectivity index (χ3n) is 5.60. The Morgan fingerprint density at radius 1 is 1.27 bits per heavy atom. The second-order valence-electron chi connectivity index (χ2n) is 7.96. The number of aromatic nitrogens is 2. The second-order valence-corrected chi connectivity index (χ2v) is 9.97. The minimum Gasteiger partial charge on any atom is -0.357 e. The molecule has 2 N–H and O–H groups in total. The highest BCUT2D eigenvalue weighted by Gasteiger charge is 2.26. The molecule has 1 aliphatic rings. The van der Waals surface area contributed by atoms with Crippen LogP contribution in [0.1, 0.15) is 56.5 Å². The first-order valence-corrected chi connectivity index (χ1v) is 12.4. The summed E-state index contributed by atoms with van der Waals surface area (Å²) in [5.41, 5.74) is 4.33. The number of para-hydroxylation sites is 1. The Morgan fingerprint density at radius 2 is 2.07 bits per heavy atom. The van der Waals surface area contributed by atoms with E-state index in [4.69, 9.17) is 4.99 Å². The van der Waals surface area contributed by atoms with Crippen molar-refractivity contribution < 1.29 is 4.21 Å². The number of hydrogen-bond acceptors (Lipinski definition) is 3. The van der Waals surface area contributed by atoms with Crippen molar-refractivity contribution in [2.45, 2.75) is 71.2 Å². The average molecular weight is 430 g/mol. The lowest BCUT2D eigenvalue weighted by molar-refractivity contribution is 0.413. The number of hydrogen-bond donors (Lipinski definition) is 2. The zero-order valence-corrected chi connectivity index (χ0v) is 19.5. The van der Waals surface area contributed by atoms with Crippen LogP contribution in [0.5, 0.6) is 0 Å². The molecule has 3 rings (SSSR count). The zero-order chi connectivity index (χ0) is 21.5. The van der Waals surface area contributed by atoms with Crippen LogP contribution in [0.25, 0.3) is 5.69 Å². The van der Waals surface area contributed by atoms with Gasteiger partial charge in [0.15, 0.2) is 5.96 Å². The first kappa shape index (κ1) is 22.5. The summed E-state index contributed by atoms with van der Waals surface area (Å²) in [4.78, 5) is 4.87. The van der Waals surface area contributed by atoms with Gasteiger partial charge in [0.1, 0.15) is 0 Å². The van der Waals surface area contributed by atoms with Gasteiger partial charge in [0, 0.05) is 40.1 Å². The summed E-state index contributed by atoms with van der Waals surface area (Å²) in [6.45, 7) is 9.56. The molecular formula is C23H35N5OS. The van der Waals surface area contributed by atoms with Crippen LogP contribution < -0.4 is 10.6 Å². The Hall–Kier alpha value is -2.15. The minimum absolute atomic E-state index is 0.302. The molecule has 1 aromatic heterocycles. The van der Waals surface area contributed by atoms with E-state index in [0.29, 0.717) is 17.8 Å². The molecule has 0 bridgehead atoms. The fraction of sp³-hybridized carbons (Fsp3) is 0.565. The van der Waals surface area contributed by atoms with E-state index >= 15 is 0 Å². The van der Waals surface area contributed by atoms with Gasteiger partial charge in [-0.15, -0.1) is 0 Å². The lowest BCUT2D eigenvalue weighted by Gasteiger charge is -2.30. The number of rotatable bonds is 7. The van der Waals surface area contributed by atoms with Crippen molar-refractivity contribution in [1.29, 1.82) is 0 Å². The fourth-order valence-corrected chi connectivity index (χ4v) is 5.50. The molecule has 0 aliphatic heterocycles. The molecule has 1 saturated carbocycles. The number of nitrogens with one attached hydrogen (secondary N) is 2. The third-order valence-corrected chi connectivity index (χ3v) is 7.35. The van der Waals surface area contributed by atoms with E-state index in [1.54, 1.807) is 0 Å². The third kappa shape index (κ3) is 5.72. The van der Waals surface area contributed by atoms with Gasteiger partial charge in [0.2, 0.25) is 0 Å². The molecule has 0 radical (unpaired) electrons. The van der Waals surface area contributed by atoms with E-state index in [0.717, 1.165) is 66.6 Å². The highest BCUT2D eigenvalue weighted by Crippen LogP contribution is 2.23. The molecule has 1 aliphatic carbocycles. The Morgan fingerprint density at radius 3 is 2.77 bits per heavy atom. The summed E-state index contributed by atoms with van der Waals surface area (Å²) >= 11 is 0. The molecule has 0 saturated heterocycles. The number of benzene rings is 1. The maximum atomic E-state index is 12.3. The van der Waals surface area contributed by atoms with Crippen LogP contribution in [0.4, 0.5) is 0 Å². The van der Waals surface area contributed by atoms with Crippen molar-refractivity contribution >= 4 is 16.8 Å². The first-order valence-electron chi connectivity index (χ1n) is 11.0. The van der Waals surface area contributed by atoms with Gasteiger partial charge < -0.3 is 10.6 Å². The highest BCUT2D eigenvalue weighted by atomic mass is 32.2.